The lowest BCUT2D eigenvalue weighted by Gasteiger charge is -2.41. The Hall–Kier alpha value is -1.50. The largest absolute Gasteiger partial charge is 0.383 e. The average molecular weight is 333 g/mol. The number of carbonyl (C=O) groups excluding carboxylic acids is 1. The van der Waals surface area contributed by atoms with Gasteiger partial charge in [0.1, 0.15) is 0 Å². The number of likely N-dealkylation sites (tertiary alicyclic amines) is 2. The van der Waals surface area contributed by atoms with Crippen LogP contribution in [-0.2, 0) is 9.47 Å². The molecule has 1 amide bonds. The number of nitrogens with zero attached hydrogens (tertiary/aromatic N) is 3. The number of rotatable bonds is 5. The molecule has 1 aromatic heterocycles. The maximum atomic E-state index is 13.0. The normalized spacial score (nSPS) is 27.3. The van der Waals surface area contributed by atoms with Gasteiger partial charge in [-0.15, -0.1) is 0 Å². The number of piperidine rings is 1. The number of pyridine rings is 1. The van der Waals surface area contributed by atoms with Crippen molar-refractivity contribution in [2.45, 2.75) is 25.5 Å². The summed E-state index contributed by atoms with van der Waals surface area (Å²) < 4.78 is 10.9. The van der Waals surface area contributed by atoms with Crippen LogP contribution >= 0.6 is 0 Å². The molecule has 132 valence electrons. The average Bonchev–Trinajstić information content (AvgIpc) is 3.02. The molecule has 6 heteroatoms. The number of aromatic nitrogens is 1. The van der Waals surface area contributed by atoms with E-state index in [1.165, 1.54) is 0 Å². The van der Waals surface area contributed by atoms with Crippen LogP contribution in [0.3, 0.4) is 0 Å². The Labute approximate surface area is 143 Å². The van der Waals surface area contributed by atoms with E-state index in [-0.39, 0.29) is 18.1 Å². The van der Waals surface area contributed by atoms with Crippen LogP contribution in [0, 0.1) is 12.8 Å². The molecule has 2 aliphatic rings. The number of ether oxygens (including phenoxy) is 2. The molecule has 3 heterocycles. The van der Waals surface area contributed by atoms with Crippen molar-refractivity contribution in [2.75, 3.05) is 47.0 Å². The summed E-state index contributed by atoms with van der Waals surface area (Å²) in [6, 6.07) is 2.12. The lowest BCUT2D eigenvalue weighted by atomic mass is 9.88. The Morgan fingerprint density at radius 1 is 1.33 bits per heavy atom. The predicted octanol–water partition coefficient (Wildman–Crippen LogP) is 1.20. The summed E-state index contributed by atoms with van der Waals surface area (Å²) >= 11 is 0. The second kappa shape index (κ2) is 7.59. The minimum absolute atomic E-state index is 0.0874. The first-order chi connectivity index (χ1) is 11.6. The number of amides is 1. The molecule has 6 nitrogen and oxygen atoms in total. The summed E-state index contributed by atoms with van der Waals surface area (Å²) in [6.45, 7) is 6.17. The molecular formula is C18H27N3O3. The van der Waals surface area contributed by atoms with E-state index < -0.39 is 0 Å². The molecule has 0 aliphatic carbocycles. The fourth-order valence-corrected chi connectivity index (χ4v) is 4.02. The molecule has 0 radical (unpaired) electrons. The van der Waals surface area contributed by atoms with Gasteiger partial charge in [0.25, 0.3) is 5.91 Å². The monoisotopic (exact) mass is 333 g/mol. The minimum atomic E-state index is 0.0874. The van der Waals surface area contributed by atoms with E-state index >= 15 is 0 Å². The molecule has 2 fully saturated rings. The van der Waals surface area contributed by atoms with Crippen LogP contribution in [0.15, 0.2) is 18.5 Å². The summed E-state index contributed by atoms with van der Waals surface area (Å²) in [7, 11) is 3.50. The van der Waals surface area contributed by atoms with Crippen LogP contribution in [0.4, 0.5) is 0 Å². The van der Waals surface area contributed by atoms with Crippen molar-refractivity contribution in [1.82, 2.24) is 14.8 Å². The van der Waals surface area contributed by atoms with E-state index in [0.717, 1.165) is 38.2 Å². The van der Waals surface area contributed by atoms with Gasteiger partial charge in [0.05, 0.1) is 24.3 Å². The standard InChI is InChI=1S/C18H27N3O3/c1-13-8-14(10-19-9-13)18(22)21-5-4-17(24-3)15-11-20(6-7-23-2)12-16(15)21/h8-10,15-17H,4-7,11-12H2,1-3H3/t15-,16+,17-/m0/s1. The van der Waals surface area contributed by atoms with Gasteiger partial charge in [-0.25, -0.2) is 0 Å². The van der Waals surface area contributed by atoms with Crippen LogP contribution in [0.5, 0.6) is 0 Å². The maximum Gasteiger partial charge on any atom is 0.255 e. The first-order valence-electron chi connectivity index (χ1n) is 8.60. The summed E-state index contributed by atoms with van der Waals surface area (Å²) in [5, 5.41) is 0. The van der Waals surface area contributed by atoms with E-state index in [2.05, 4.69) is 9.88 Å². The lowest BCUT2D eigenvalue weighted by molar-refractivity contribution is -0.0157. The zero-order valence-corrected chi connectivity index (χ0v) is 14.8. The number of carbonyl (C=O) groups is 1. The predicted molar refractivity (Wildman–Crippen MR) is 91.0 cm³/mol. The first-order valence-corrected chi connectivity index (χ1v) is 8.60. The Kier molecular flexibility index (Phi) is 5.48. The fourth-order valence-electron chi connectivity index (χ4n) is 4.02. The van der Waals surface area contributed by atoms with Gasteiger partial charge in [0.2, 0.25) is 0 Å². The van der Waals surface area contributed by atoms with E-state index in [9.17, 15) is 4.79 Å². The zero-order valence-electron chi connectivity index (χ0n) is 14.8. The molecule has 2 saturated heterocycles. The molecule has 0 spiro atoms. The SMILES string of the molecule is COCCN1C[C@@H]2[C@@H](OC)CCN(C(=O)c3cncc(C)c3)[C@@H]2C1. The Balaban J connectivity index is 1.77. The molecule has 2 aliphatic heterocycles. The Morgan fingerprint density at radius 3 is 2.88 bits per heavy atom. The van der Waals surface area contributed by atoms with Crippen LogP contribution < -0.4 is 0 Å². The molecule has 0 bridgehead atoms. The topological polar surface area (TPSA) is 54.9 Å². The van der Waals surface area contributed by atoms with Gasteiger partial charge in [-0.2, -0.15) is 0 Å². The molecule has 0 N–H and O–H groups in total. The highest BCUT2D eigenvalue weighted by molar-refractivity contribution is 5.94. The Morgan fingerprint density at radius 2 is 2.17 bits per heavy atom. The number of hydrogen-bond acceptors (Lipinski definition) is 5. The number of hydrogen-bond donors (Lipinski definition) is 0. The number of methoxy groups -OCH3 is 2. The third kappa shape index (κ3) is 3.45. The minimum Gasteiger partial charge on any atom is -0.383 e. The van der Waals surface area contributed by atoms with Crippen LogP contribution in [0.1, 0.15) is 22.3 Å². The molecule has 1 aromatic rings. The van der Waals surface area contributed by atoms with E-state index in [4.69, 9.17) is 9.47 Å². The molecule has 0 unspecified atom stereocenters. The first kappa shape index (κ1) is 17.3. The van der Waals surface area contributed by atoms with Crippen molar-refractivity contribution in [3.05, 3.63) is 29.6 Å². The highest BCUT2D eigenvalue weighted by atomic mass is 16.5. The van der Waals surface area contributed by atoms with E-state index in [1.807, 2.05) is 17.9 Å². The van der Waals surface area contributed by atoms with Crippen molar-refractivity contribution in [2.24, 2.45) is 5.92 Å². The van der Waals surface area contributed by atoms with Gasteiger partial charge in [-0.3, -0.25) is 14.7 Å². The van der Waals surface area contributed by atoms with Crippen LogP contribution in [0.25, 0.3) is 0 Å². The highest BCUT2D eigenvalue weighted by Crippen LogP contribution is 2.33. The summed E-state index contributed by atoms with van der Waals surface area (Å²) in [6.07, 6.45) is 4.56. The second-order valence-electron chi connectivity index (χ2n) is 6.80. The van der Waals surface area contributed by atoms with Crippen molar-refractivity contribution < 1.29 is 14.3 Å². The third-order valence-corrected chi connectivity index (χ3v) is 5.24. The maximum absolute atomic E-state index is 13.0. The van der Waals surface area contributed by atoms with Crippen molar-refractivity contribution >= 4 is 5.91 Å². The van der Waals surface area contributed by atoms with Gasteiger partial charge in [-0.05, 0) is 25.0 Å². The van der Waals surface area contributed by atoms with Gasteiger partial charge >= 0.3 is 0 Å². The van der Waals surface area contributed by atoms with Gasteiger partial charge in [-0.1, -0.05) is 0 Å². The van der Waals surface area contributed by atoms with Gasteiger partial charge in [0.15, 0.2) is 0 Å². The quantitative estimate of drug-likeness (QED) is 0.810. The molecule has 3 rings (SSSR count). The molecule has 0 saturated carbocycles. The van der Waals surface area contributed by atoms with Gasteiger partial charge < -0.3 is 14.4 Å². The third-order valence-electron chi connectivity index (χ3n) is 5.24. The molecule has 0 aromatic carbocycles. The van der Waals surface area contributed by atoms with Crippen molar-refractivity contribution in [3.8, 4) is 0 Å². The molecule has 24 heavy (non-hydrogen) atoms. The van der Waals surface area contributed by atoms with Gasteiger partial charge in [0, 0.05) is 58.7 Å². The zero-order chi connectivity index (χ0) is 17.1. The summed E-state index contributed by atoms with van der Waals surface area (Å²) in [5.74, 6) is 0.451. The summed E-state index contributed by atoms with van der Waals surface area (Å²) in [5.41, 5.74) is 1.69. The Bertz CT molecular complexity index is 580. The van der Waals surface area contributed by atoms with E-state index in [0.29, 0.717) is 18.1 Å². The number of fused-ring (bicyclic) bond motifs is 1. The van der Waals surface area contributed by atoms with Crippen LogP contribution in [-0.4, -0.2) is 79.8 Å². The smallest absolute Gasteiger partial charge is 0.255 e. The van der Waals surface area contributed by atoms with Crippen molar-refractivity contribution in [1.29, 1.82) is 0 Å². The fraction of sp³-hybridized carbons (Fsp3) is 0.667. The van der Waals surface area contributed by atoms with Crippen LogP contribution in [0.2, 0.25) is 0 Å². The molecule has 3 atom stereocenters. The lowest BCUT2D eigenvalue weighted by Crippen LogP contribution is -2.53. The molecular weight excluding hydrogens is 306 g/mol. The summed E-state index contributed by atoms with van der Waals surface area (Å²) in [4.78, 5) is 21.6. The van der Waals surface area contributed by atoms with Crippen molar-refractivity contribution in [3.63, 3.8) is 0 Å². The van der Waals surface area contributed by atoms with E-state index in [1.54, 1.807) is 26.6 Å². The highest BCUT2D eigenvalue weighted by Gasteiger charge is 2.45. The second-order valence-corrected chi connectivity index (χ2v) is 6.80. The number of aryl methyl sites for hydroxylation is 1.